The second kappa shape index (κ2) is 7.26. The quantitative estimate of drug-likeness (QED) is 0.439. The molecule has 1 aliphatic heterocycles. The number of nitro groups is 1. The number of anilines is 1. The second-order valence-corrected chi connectivity index (χ2v) is 5.27. The van der Waals surface area contributed by atoms with Crippen molar-refractivity contribution in [1.29, 1.82) is 0 Å². The van der Waals surface area contributed by atoms with E-state index < -0.39 is 34.0 Å². The number of benzene rings is 1. The number of nitrogens with zero attached hydrogens (tertiary/aromatic N) is 2. The average Bonchev–Trinajstić information content (AvgIpc) is 2.88. The molecule has 9 nitrogen and oxygen atoms in total. The van der Waals surface area contributed by atoms with Crippen molar-refractivity contribution < 1.29 is 28.7 Å². The van der Waals surface area contributed by atoms with Crippen molar-refractivity contribution in [1.82, 2.24) is 4.90 Å². The predicted octanol–water partition coefficient (Wildman–Crippen LogP) is 0.716. The van der Waals surface area contributed by atoms with E-state index in [1.165, 1.54) is 13.0 Å². The first-order chi connectivity index (χ1) is 11.8. The van der Waals surface area contributed by atoms with Gasteiger partial charge in [0.1, 0.15) is 5.70 Å². The Morgan fingerprint density at radius 3 is 2.76 bits per heavy atom. The van der Waals surface area contributed by atoms with Crippen LogP contribution in [0, 0.1) is 22.9 Å². The van der Waals surface area contributed by atoms with Crippen LogP contribution in [0.1, 0.15) is 5.56 Å². The van der Waals surface area contributed by atoms with Crippen molar-refractivity contribution in [3.8, 4) is 0 Å². The molecule has 1 amide bonds. The number of aliphatic hydroxyl groups is 1. The van der Waals surface area contributed by atoms with Crippen molar-refractivity contribution in [2.45, 2.75) is 6.92 Å². The molecule has 1 aliphatic rings. The first kappa shape index (κ1) is 18.3. The minimum atomic E-state index is -0.903. The van der Waals surface area contributed by atoms with Crippen LogP contribution >= 0.6 is 0 Å². The Hall–Kier alpha value is -3.01. The molecule has 0 unspecified atom stereocenters. The number of ether oxygens (including phenoxy) is 1. The zero-order chi connectivity index (χ0) is 18.7. The number of nitrogens with one attached hydrogen (secondary N) is 1. The topological polar surface area (TPSA) is 122 Å². The van der Waals surface area contributed by atoms with Gasteiger partial charge in [0.05, 0.1) is 30.8 Å². The summed E-state index contributed by atoms with van der Waals surface area (Å²) in [6.07, 6.45) is 0. The van der Waals surface area contributed by atoms with Crippen LogP contribution < -0.4 is 5.32 Å². The molecule has 134 valence electrons. The fourth-order valence-corrected chi connectivity index (χ4v) is 2.42. The molecule has 1 aromatic rings. The van der Waals surface area contributed by atoms with Gasteiger partial charge in [-0.2, -0.15) is 0 Å². The standard InChI is InChI=1S/C15H16FN3O6/c1-8-3-4-10(19(23)24)13(11(8)16)17-12-9(15(22)25-2)7-18(5-6-20)14(12)21/h3-4,17,20H,5-7H2,1-2H3. The number of amides is 1. The smallest absolute Gasteiger partial charge is 0.337 e. The van der Waals surface area contributed by atoms with Crippen LogP contribution in [0.15, 0.2) is 23.4 Å². The van der Waals surface area contributed by atoms with E-state index in [9.17, 15) is 24.1 Å². The number of aliphatic hydroxyl groups excluding tert-OH is 1. The molecule has 0 spiro atoms. The van der Waals surface area contributed by atoms with Crippen molar-refractivity contribution in [2.75, 3.05) is 32.1 Å². The summed E-state index contributed by atoms with van der Waals surface area (Å²) in [5, 5.41) is 22.5. The van der Waals surface area contributed by atoms with Gasteiger partial charge in [0.25, 0.3) is 11.6 Å². The lowest BCUT2D eigenvalue weighted by Gasteiger charge is -2.15. The Morgan fingerprint density at radius 2 is 2.20 bits per heavy atom. The molecule has 10 heteroatoms. The minimum absolute atomic E-state index is 0.0527. The van der Waals surface area contributed by atoms with Gasteiger partial charge in [-0.15, -0.1) is 0 Å². The summed E-state index contributed by atoms with van der Waals surface area (Å²) in [5.74, 6) is -2.42. The summed E-state index contributed by atoms with van der Waals surface area (Å²) in [6, 6.07) is 2.34. The van der Waals surface area contributed by atoms with Gasteiger partial charge in [0.2, 0.25) is 0 Å². The zero-order valence-corrected chi connectivity index (χ0v) is 13.5. The van der Waals surface area contributed by atoms with Crippen LogP contribution in [0.2, 0.25) is 0 Å². The number of halogens is 1. The molecule has 25 heavy (non-hydrogen) atoms. The van der Waals surface area contributed by atoms with E-state index >= 15 is 0 Å². The Kier molecular flexibility index (Phi) is 5.32. The number of hydrogen-bond donors (Lipinski definition) is 2. The fraction of sp³-hybridized carbons (Fsp3) is 0.333. The van der Waals surface area contributed by atoms with Gasteiger partial charge in [0.15, 0.2) is 11.5 Å². The maximum absolute atomic E-state index is 14.4. The lowest BCUT2D eigenvalue weighted by atomic mass is 10.1. The van der Waals surface area contributed by atoms with Crippen LogP contribution in [0.4, 0.5) is 15.8 Å². The molecule has 0 bridgehead atoms. The van der Waals surface area contributed by atoms with Gasteiger partial charge >= 0.3 is 5.97 Å². The minimum Gasteiger partial charge on any atom is -0.466 e. The summed E-state index contributed by atoms with van der Waals surface area (Å²) < 4.78 is 19.0. The summed E-state index contributed by atoms with van der Waals surface area (Å²) in [7, 11) is 1.11. The van der Waals surface area contributed by atoms with Crippen LogP contribution in [0.3, 0.4) is 0 Å². The lowest BCUT2D eigenvalue weighted by molar-refractivity contribution is -0.384. The third kappa shape index (κ3) is 3.43. The predicted molar refractivity (Wildman–Crippen MR) is 84.1 cm³/mol. The van der Waals surface area contributed by atoms with Crippen molar-refractivity contribution in [3.05, 3.63) is 44.9 Å². The highest BCUT2D eigenvalue weighted by molar-refractivity contribution is 6.08. The van der Waals surface area contributed by atoms with E-state index in [4.69, 9.17) is 5.11 Å². The van der Waals surface area contributed by atoms with Gasteiger partial charge in [-0.1, -0.05) is 0 Å². The summed E-state index contributed by atoms with van der Waals surface area (Å²) in [4.78, 5) is 35.8. The van der Waals surface area contributed by atoms with Crippen LogP contribution in [0.25, 0.3) is 0 Å². The van der Waals surface area contributed by atoms with Gasteiger partial charge in [-0.05, 0) is 18.6 Å². The highest BCUT2D eigenvalue weighted by atomic mass is 19.1. The molecule has 2 rings (SSSR count). The molecule has 0 saturated carbocycles. The number of carbonyl (C=O) groups is 2. The molecule has 1 aromatic carbocycles. The van der Waals surface area contributed by atoms with E-state index in [0.29, 0.717) is 0 Å². The molecular weight excluding hydrogens is 337 g/mol. The third-order valence-electron chi connectivity index (χ3n) is 3.71. The molecule has 0 radical (unpaired) electrons. The number of rotatable bonds is 6. The normalized spacial score (nSPS) is 14.1. The molecule has 2 N–H and O–H groups in total. The Labute approximate surface area is 141 Å². The number of β-amino-alcohol motifs (C(OH)–C–C–N with tert-alkyl or cyclic N) is 1. The van der Waals surface area contributed by atoms with E-state index in [2.05, 4.69) is 10.1 Å². The van der Waals surface area contributed by atoms with Gasteiger partial charge in [-0.25, -0.2) is 9.18 Å². The van der Waals surface area contributed by atoms with Crippen molar-refractivity contribution in [2.24, 2.45) is 0 Å². The molecule has 0 aromatic heterocycles. The Bertz CT molecular complexity index is 777. The molecule has 0 aliphatic carbocycles. The van der Waals surface area contributed by atoms with Crippen LogP contribution in [0.5, 0.6) is 0 Å². The summed E-state index contributed by atoms with van der Waals surface area (Å²) >= 11 is 0. The van der Waals surface area contributed by atoms with E-state index in [1.54, 1.807) is 0 Å². The SMILES string of the molecule is COC(=O)C1=C(Nc2c([N+](=O)[O-])ccc(C)c2F)C(=O)N(CCO)C1. The first-order valence-electron chi connectivity index (χ1n) is 7.23. The monoisotopic (exact) mass is 353 g/mol. The van der Waals surface area contributed by atoms with Gasteiger partial charge in [0, 0.05) is 12.6 Å². The van der Waals surface area contributed by atoms with E-state index in [-0.39, 0.29) is 36.5 Å². The largest absolute Gasteiger partial charge is 0.466 e. The number of carbonyl (C=O) groups excluding carboxylic acids is 2. The highest BCUT2D eigenvalue weighted by Crippen LogP contribution is 2.32. The van der Waals surface area contributed by atoms with Crippen molar-refractivity contribution >= 4 is 23.3 Å². The Balaban J connectivity index is 2.52. The van der Waals surface area contributed by atoms with Gasteiger partial charge in [-0.3, -0.25) is 14.9 Å². The molecule has 0 atom stereocenters. The average molecular weight is 353 g/mol. The fourth-order valence-electron chi connectivity index (χ4n) is 2.42. The van der Waals surface area contributed by atoms with Crippen LogP contribution in [-0.4, -0.2) is 53.6 Å². The number of hydrogen-bond acceptors (Lipinski definition) is 7. The summed E-state index contributed by atoms with van der Waals surface area (Å²) in [6.45, 7) is 0.860. The number of esters is 1. The highest BCUT2D eigenvalue weighted by Gasteiger charge is 2.36. The van der Waals surface area contributed by atoms with E-state index in [1.807, 2.05) is 0 Å². The zero-order valence-electron chi connectivity index (χ0n) is 13.5. The molecule has 0 fully saturated rings. The van der Waals surface area contributed by atoms with Crippen LogP contribution in [-0.2, 0) is 14.3 Å². The number of methoxy groups -OCH3 is 1. The van der Waals surface area contributed by atoms with Gasteiger partial charge < -0.3 is 20.1 Å². The molecule has 0 saturated heterocycles. The maximum atomic E-state index is 14.4. The number of nitro benzene ring substituents is 1. The number of aryl methyl sites for hydroxylation is 1. The Morgan fingerprint density at radius 1 is 1.52 bits per heavy atom. The molecule has 1 heterocycles. The van der Waals surface area contributed by atoms with E-state index in [0.717, 1.165) is 18.1 Å². The second-order valence-electron chi connectivity index (χ2n) is 5.27. The maximum Gasteiger partial charge on any atom is 0.337 e. The molecular formula is C15H16FN3O6. The first-order valence-corrected chi connectivity index (χ1v) is 7.23. The van der Waals surface area contributed by atoms with Crippen molar-refractivity contribution in [3.63, 3.8) is 0 Å². The third-order valence-corrected chi connectivity index (χ3v) is 3.71. The lowest BCUT2D eigenvalue weighted by Crippen LogP contribution is -2.31. The summed E-state index contributed by atoms with van der Waals surface area (Å²) in [5.41, 5.74) is -1.37.